The van der Waals surface area contributed by atoms with Gasteiger partial charge < -0.3 is 9.73 Å². The fourth-order valence-electron chi connectivity index (χ4n) is 1.52. The van der Waals surface area contributed by atoms with Gasteiger partial charge >= 0.3 is 0 Å². The maximum absolute atomic E-state index is 11.9. The molecular formula is C13H8N4O2. The van der Waals surface area contributed by atoms with E-state index in [0.717, 1.165) is 0 Å². The van der Waals surface area contributed by atoms with Gasteiger partial charge in [0.05, 0.1) is 16.8 Å². The second-order valence-corrected chi connectivity index (χ2v) is 3.70. The Labute approximate surface area is 108 Å². The van der Waals surface area contributed by atoms with Gasteiger partial charge in [-0.15, -0.1) is 0 Å². The van der Waals surface area contributed by atoms with Gasteiger partial charge in [-0.25, -0.2) is 4.98 Å². The molecule has 0 unspecified atom stereocenters. The van der Waals surface area contributed by atoms with Crippen LogP contribution in [0.5, 0.6) is 0 Å². The molecule has 19 heavy (non-hydrogen) atoms. The van der Waals surface area contributed by atoms with Crippen LogP contribution in [0.2, 0.25) is 0 Å². The second kappa shape index (κ2) is 5.03. The number of hydrogen-bond acceptors (Lipinski definition) is 5. The molecule has 1 N–H and O–H groups in total. The van der Waals surface area contributed by atoms with Crippen LogP contribution >= 0.6 is 0 Å². The monoisotopic (exact) mass is 252 g/mol. The summed E-state index contributed by atoms with van der Waals surface area (Å²) >= 11 is 0. The first kappa shape index (κ1) is 12.3. The molecule has 0 radical (unpaired) electrons. The first-order valence-electron chi connectivity index (χ1n) is 5.31. The average molecular weight is 252 g/mol. The highest BCUT2D eigenvalue weighted by Crippen LogP contribution is 2.16. The van der Waals surface area contributed by atoms with Crippen molar-refractivity contribution in [2.24, 2.45) is 0 Å². The zero-order valence-corrected chi connectivity index (χ0v) is 9.97. The smallest absolute Gasteiger partial charge is 0.293 e. The quantitative estimate of drug-likeness (QED) is 0.880. The number of benzene rings is 1. The van der Waals surface area contributed by atoms with Gasteiger partial charge in [0.2, 0.25) is 5.76 Å². The first-order valence-corrected chi connectivity index (χ1v) is 5.31. The largest absolute Gasteiger partial charge is 0.438 e. The molecule has 0 aliphatic carbocycles. The van der Waals surface area contributed by atoms with E-state index in [1.807, 2.05) is 12.1 Å². The van der Waals surface area contributed by atoms with Crippen molar-refractivity contribution < 1.29 is 9.21 Å². The Morgan fingerprint density at radius 3 is 2.63 bits per heavy atom. The third-order valence-electron chi connectivity index (χ3n) is 2.47. The fourth-order valence-corrected chi connectivity index (χ4v) is 1.52. The number of nitrogens with one attached hydrogen (secondary N) is 1. The topological polar surface area (TPSA) is 103 Å². The van der Waals surface area contributed by atoms with Crippen LogP contribution < -0.4 is 5.32 Å². The molecule has 1 heterocycles. The molecule has 1 amide bonds. The highest BCUT2D eigenvalue weighted by molar-refractivity contribution is 6.03. The van der Waals surface area contributed by atoms with Gasteiger partial charge in [0.1, 0.15) is 12.1 Å². The summed E-state index contributed by atoms with van der Waals surface area (Å²) in [6, 6.07) is 8.25. The van der Waals surface area contributed by atoms with Crippen LogP contribution in [0.3, 0.4) is 0 Å². The third-order valence-corrected chi connectivity index (χ3v) is 2.47. The van der Waals surface area contributed by atoms with Gasteiger partial charge in [0.25, 0.3) is 5.91 Å². The number of aryl methyl sites for hydroxylation is 1. The van der Waals surface area contributed by atoms with Crippen LogP contribution in [0.25, 0.3) is 0 Å². The number of carbonyl (C=O) groups is 1. The molecule has 0 aliphatic heterocycles. The molecule has 0 fully saturated rings. The molecule has 0 saturated carbocycles. The number of amides is 1. The molecule has 6 nitrogen and oxygen atoms in total. The summed E-state index contributed by atoms with van der Waals surface area (Å²) in [6.07, 6.45) is 1.18. The van der Waals surface area contributed by atoms with Crippen LogP contribution in [0.15, 0.2) is 29.0 Å². The summed E-state index contributed by atoms with van der Waals surface area (Å²) < 4.78 is 4.96. The van der Waals surface area contributed by atoms with E-state index >= 15 is 0 Å². The average Bonchev–Trinajstić information content (AvgIpc) is 2.85. The first-order chi connectivity index (χ1) is 9.15. The standard InChI is InChI=1S/C13H8N4O2/c1-8-12(19-7-16-8)13(18)17-11-3-2-9(5-14)10(4-11)6-15/h2-4,7H,1H3,(H,17,18). The Kier molecular flexibility index (Phi) is 3.26. The molecule has 0 bridgehead atoms. The molecule has 0 saturated heterocycles. The Bertz CT molecular complexity index is 719. The van der Waals surface area contributed by atoms with E-state index < -0.39 is 5.91 Å². The molecule has 0 aliphatic rings. The summed E-state index contributed by atoms with van der Waals surface area (Å²) in [5, 5.41) is 20.3. The zero-order chi connectivity index (χ0) is 13.8. The van der Waals surface area contributed by atoms with Gasteiger partial charge in [-0.2, -0.15) is 10.5 Å². The maximum Gasteiger partial charge on any atom is 0.293 e. The van der Waals surface area contributed by atoms with Crippen molar-refractivity contribution in [3.8, 4) is 12.1 Å². The number of anilines is 1. The summed E-state index contributed by atoms with van der Waals surface area (Å²) in [7, 11) is 0. The Hall–Kier alpha value is -3.12. The van der Waals surface area contributed by atoms with E-state index in [4.69, 9.17) is 14.9 Å². The predicted octanol–water partition coefficient (Wildman–Crippen LogP) is 1.98. The van der Waals surface area contributed by atoms with Crippen molar-refractivity contribution in [2.75, 3.05) is 5.32 Å². The van der Waals surface area contributed by atoms with E-state index in [1.165, 1.54) is 18.5 Å². The summed E-state index contributed by atoms with van der Waals surface area (Å²) in [6.45, 7) is 1.65. The van der Waals surface area contributed by atoms with E-state index in [0.29, 0.717) is 11.4 Å². The summed E-state index contributed by atoms with van der Waals surface area (Å²) in [4.78, 5) is 15.7. The minimum Gasteiger partial charge on any atom is -0.438 e. The van der Waals surface area contributed by atoms with Gasteiger partial charge in [-0.05, 0) is 25.1 Å². The molecule has 0 atom stereocenters. The van der Waals surface area contributed by atoms with E-state index in [-0.39, 0.29) is 16.9 Å². The minimum atomic E-state index is -0.455. The van der Waals surface area contributed by atoms with Crippen molar-refractivity contribution in [1.29, 1.82) is 10.5 Å². The van der Waals surface area contributed by atoms with Crippen molar-refractivity contribution in [3.05, 3.63) is 47.2 Å². The molecule has 0 spiro atoms. The van der Waals surface area contributed by atoms with Crippen LogP contribution in [-0.2, 0) is 0 Å². The maximum atomic E-state index is 11.9. The van der Waals surface area contributed by atoms with Crippen LogP contribution in [0.1, 0.15) is 27.4 Å². The highest BCUT2D eigenvalue weighted by Gasteiger charge is 2.14. The highest BCUT2D eigenvalue weighted by atomic mass is 16.3. The molecule has 2 rings (SSSR count). The number of carbonyl (C=O) groups excluding carboxylic acids is 1. The van der Waals surface area contributed by atoms with Gasteiger partial charge in [0.15, 0.2) is 6.39 Å². The summed E-state index contributed by atoms with van der Waals surface area (Å²) in [5.41, 5.74) is 1.36. The van der Waals surface area contributed by atoms with Crippen molar-refractivity contribution in [1.82, 2.24) is 4.98 Å². The van der Waals surface area contributed by atoms with Crippen molar-refractivity contribution >= 4 is 11.6 Å². The van der Waals surface area contributed by atoms with Gasteiger partial charge in [-0.1, -0.05) is 0 Å². The lowest BCUT2D eigenvalue weighted by atomic mass is 10.1. The van der Waals surface area contributed by atoms with Crippen LogP contribution in [-0.4, -0.2) is 10.9 Å². The van der Waals surface area contributed by atoms with Gasteiger partial charge in [-0.3, -0.25) is 4.79 Å². The third kappa shape index (κ3) is 2.43. The summed E-state index contributed by atoms with van der Waals surface area (Å²) in [5.74, 6) is -0.341. The molecule has 6 heteroatoms. The van der Waals surface area contributed by atoms with Crippen LogP contribution in [0, 0.1) is 29.6 Å². The molecule has 92 valence electrons. The number of hydrogen-bond donors (Lipinski definition) is 1. The Morgan fingerprint density at radius 2 is 2.05 bits per heavy atom. The lowest BCUT2D eigenvalue weighted by Gasteiger charge is -2.04. The zero-order valence-electron chi connectivity index (χ0n) is 9.97. The van der Waals surface area contributed by atoms with Crippen molar-refractivity contribution in [3.63, 3.8) is 0 Å². The molecule has 1 aromatic heterocycles. The molecule has 1 aromatic carbocycles. The number of nitrogens with zero attached hydrogens (tertiary/aromatic N) is 3. The van der Waals surface area contributed by atoms with E-state index in [2.05, 4.69) is 10.3 Å². The number of rotatable bonds is 2. The minimum absolute atomic E-state index is 0.114. The van der Waals surface area contributed by atoms with Gasteiger partial charge in [0, 0.05) is 5.69 Å². The Balaban J connectivity index is 2.26. The lowest BCUT2D eigenvalue weighted by molar-refractivity contribution is 0.0996. The molecular weight excluding hydrogens is 244 g/mol. The SMILES string of the molecule is Cc1ncoc1C(=O)Nc1ccc(C#N)c(C#N)c1. The number of oxazole rings is 1. The van der Waals surface area contributed by atoms with Crippen molar-refractivity contribution in [2.45, 2.75) is 6.92 Å². The number of nitriles is 2. The fraction of sp³-hybridized carbons (Fsp3) is 0.0769. The van der Waals surface area contributed by atoms with E-state index in [9.17, 15) is 4.79 Å². The number of aromatic nitrogens is 1. The molecule has 2 aromatic rings. The second-order valence-electron chi connectivity index (χ2n) is 3.70. The lowest BCUT2D eigenvalue weighted by Crippen LogP contribution is -2.12. The predicted molar refractivity (Wildman–Crippen MR) is 65.1 cm³/mol. The van der Waals surface area contributed by atoms with Crippen LogP contribution in [0.4, 0.5) is 5.69 Å². The normalized spacial score (nSPS) is 9.42. The Morgan fingerprint density at radius 1 is 1.32 bits per heavy atom. The van der Waals surface area contributed by atoms with E-state index in [1.54, 1.807) is 13.0 Å².